The molecule has 106 valence electrons. The van der Waals surface area contributed by atoms with Crippen molar-refractivity contribution in [1.82, 2.24) is 5.32 Å². The first kappa shape index (κ1) is 15.7. The summed E-state index contributed by atoms with van der Waals surface area (Å²) in [5.74, 6) is -0.0881. The van der Waals surface area contributed by atoms with Crippen LogP contribution >= 0.6 is 0 Å². The highest BCUT2D eigenvalue weighted by atomic mass is 16.2. The topological polar surface area (TPSA) is 55.1 Å². The summed E-state index contributed by atoms with van der Waals surface area (Å²) in [4.78, 5) is 11.7. The van der Waals surface area contributed by atoms with Crippen molar-refractivity contribution >= 4 is 5.91 Å². The molecule has 0 bridgehead atoms. The van der Waals surface area contributed by atoms with Crippen molar-refractivity contribution in [2.24, 2.45) is 5.73 Å². The van der Waals surface area contributed by atoms with Gasteiger partial charge in [0.15, 0.2) is 0 Å². The van der Waals surface area contributed by atoms with Crippen molar-refractivity contribution in [3.63, 3.8) is 0 Å². The standard InChI is InChI=1S/C16H26N2O/c1-6-14(17)15(19)18-11(2)12-7-9-13(10-8-12)16(3,4)5/h7-11,14H,6,17H2,1-5H3,(H,18,19)/t11?,14-/m0/s1. The Labute approximate surface area is 116 Å². The van der Waals surface area contributed by atoms with Crippen LogP contribution in [0.1, 0.15) is 58.2 Å². The quantitative estimate of drug-likeness (QED) is 0.876. The van der Waals surface area contributed by atoms with Crippen LogP contribution in [0, 0.1) is 0 Å². The molecule has 0 aromatic heterocycles. The van der Waals surface area contributed by atoms with Gasteiger partial charge in [-0.2, -0.15) is 0 Å². The SMILES string of the molecule is CC[C@H](N)C(=O)NC(C)c1ccc(C(C)(C)C)cc1. The van der Waals surface area contributed by atoms with Gasteiger partial charge in [0.1, 0.15) is 0 Å². The van der Waals surface area contributed by atoms with E-state index in [1.165, 1.54) is 5.56 Å². The Bertz CT molecular complexity index is 417. The average Bonchev–Trinajstić information content (AvgIpc) is 2.36. The van der Waals surface area contributed by atoms with E-state index < -0.39 is 6.04 Å². The van der Waals surface area contributed by atoms with Crippen molar-refractivity contribution in [3.05, 3.63) is 35.4 Å². The van der Waals surface area contributed by atoms with Gasteiger partial charge < -0.3 is 11.1 Å². The normalized spacial score (nSPS) is 14.8. The lowest BCUT2D eigenvalue weighted by Crippen LogP contribution is -2.41. The highest BCUT2D eigenvalue weighted by molar-refractivity contribution is 5.81. The van der Waals surface area contributed by atoms with Crippen molar-refractivity contribution in [2.45, 2.75) is 58.5 Å². The molecule has 0 saturated heterocycles. The van der Waals surface area contributed by atoms with Gasteiger partial charge in [0.2, 0.25) is 5.91 Å². The van der Waals surface area contributed by atoms with Gasteiger partial charge in [-0.3, -0.25) is 4.79 Å². The lowest BCUT2D eigenvalue weighted by Gasteiger charge is -2.21. The van der Waals surface area contributed by atoms with E-state index in [0.717, 1.165) is 5.56 Å². The molecule has 2 atom stereocenters. The van der Waals surface area contributed by atoms with Crippen LogP contribution in [-0.4, -0.2) is 11.9 Å². The average molecular weight is 262 g/mol. The molecule has 1 aromatic carbocycles. The minimum Gasteiger partial charge on any atom is -0.348 e. The van der Waals surface area contributed by atoms with Crippen LogP contribution in [0.25, 0.3) is 0 Å². The Kier molecular flexibility index (Phi) is 5.12. The third kappa shape index (κ3) is 4.35. The molecular weight excluding hydrogens is 236 g/mol. The Balaban J connectivity index is 2.73. The second-order valence-electron chi connectivity index (χ2n) is 6.12. The summed E-state index contributed by atoms with van der Waals surface area (Å²) in [6.45, 7) is 10.5. The predicted octanol–water partition coefficient (Wildman–Crippen LogP) is 2.90. The fraction of sp³-hybridized carbons (Fsp3) is 0.562. The Morgan fingerprint density at radius 1 is 1.26 bits per heavy atom. The van der Waals surface area contributed by atoms with E-state index in [0.29, 0.717) is 6.42 Å². The van der Waals surface area contributed by atoms with Gasteiger partial charge in [0.25, 0.3) is 0 Å². The van der Waals surface area contributed by atoms with Crippen molar-refractivity contribution in [2.75, 3.05) is 0 Å². The van der Waals surface area contributed by atoms with Crippen LogP contribution in [0.5, 0.6) is 0 Å². The number of rotatable bonds is 4. The van der Waals surface area contributed by atoms with E-state index in [2.05, 4.69) is 50.4 Å². The van der Waals surface area contributed by atoms with Gasteiger partial charge in [0.05, 0.1) is 12.1 Å². The molecule has 0 radical (unpaired) electrons. The summed E-state index contributed by atoms with van der Waals surface area (Å²) >= 11 is 0. The smallest absolute Gasteiger partial charge is 0.237 e. The zero-order valence-electron chi connectivity index (χ0n) is 12.7. The van der Waals surface area contributed by atoms with Gasteiger partial charge in [-0.05, 0) is 29.9 Å². The first-order valence-corrected chi connectivity index (χ1v) is 6.92. The number of carbonyl (C=O) groups excluding carboxylic acids is 1. The second kappa shape index (κ2) is 6.20. The van der Waals surface area contributed by atoms with E-state index in [9.17, 15) is 4.79 Å². The molecule has 0 heterocycles. The molecule has 19 heavy (non-hydrogen) atoms. The lowest BCUT2D eigenvalue weighted by molar-refractivity contribution is -0.123. The van der Waals surface area contributed by atoms with Crippen LogP contribution < -0.4 is 11.1 Å². The second-order valence-corrected chi connectivity index (χ2v) is 6.12. The Morgan fingerprint density at radius 3 is 2.21 bits per heavy atom. The molecule has 1 unspecified atom stereocenters. The van der Waals surface area contributed by atoms with Crippen LogP contribution in [-0.2, 0) is 10.2 Å². The molecule has 1 aromatic rings. The minimum atomic E-state index is -0.420. The number of hydrogen-bond donors (Lipinski definition) is 2. The van der Waals surface area contributed by atoms with E-state index in [1.807, 2.05) is 13.8 Å². The first-order valence-electron chi connectivity index (χ1n) is 6.92. The maximum absolute atomic E-state index is 11.7. The molecule has 0 aliphatic rings. The lowest BCUT2D eigenvalue weighted by atomic mass is 9.86. The maximum Gasteiger partial charge on any atom is 0.237 e. The predicted molar refractivity (Wildman–Crippen MR) is 80.0 cm³/mol. The molecule has 0 saturated carbocycles. The number of nitrogens with two attached hydrogens (primary N) is 1. The highest BCUT2D eigenvalue weighted by Gasteiger charge is 2.16. The number of amides is 1. The maximum atomic E-state index is 11.7. The highest BCUT2D eigenvalue weighted by Crippen LogP contribution is 2.23. The van der Waals surface area contributed by atoms with Gasteiger partial charge in [-0.15, -0.1) is 0 Å². The van der Waals surface area contributed by atoms with E-state index >= 15 is 0 Å². The molecule has 3 N–H and O–H groups in total. The molecule has 0 fully saturated rings. The first-order chi connectivity index (χ1) is 8.75. The fourth-order valence-electron chi connectivity index (χ4n) is 1.86. The number of carbonyl (C=O) groups is 1. The summed E-state index contributed by atoms with van der Waals surface area (Å²) in [5, 5.41) is 2.94. The summed E-state index contributed by atoms with van der Waals surface area (Å²) in [6.07, 6.45) is 0.654. The third-order valence-electron chi connectivity index (χ3n) is 3.41. The summed E-state index contributed by atoms with van der Waals surface area (Å²) in [5.41, 5.74) is 8.25. The van der Waals surface area contributed by atoms with Gasteiger partial charge in [-0.25, -0.2) is 0 Å². The van der Waals surface area contributed by atoms with E-state index in [4.69, 9.17) is 5.73 Å². The van der Waals surface area contributed by atoms with Gasteiger partial charge in [-0.1, -0.05) is 52.0 Å². The van der Waals surface area contributed by atoms with Crippen LogP contribution in [0.15, 0.2) is 24.3 Å². The van der Waals surface area contributed by atoms with Crippen molar-refractivity contribution < 1.29 is 4.79 Å². The monoisotopic (exact) mass is 262 g/mol. The minimum absolute atomic E-state index is 0.0147. The number of hydrogen-bond acceptors (Lipinski definition) is 2. The third-order valence-corrected chi connectivity index (χ3v) is 3.41. The Hall–Kier alpha value is -1.35. The van der Waals surface area contributed by atoms with E-state index in [-0.39, 0.29) is 17.4 Å². The van der Waals surface area contributed by atoms with Gasteiger partial charge >= 0.3 is 0 Å². The molecule has 3 heteroatoms. The largest absolute Gasteiger partial charge is 0.348 e. The zero-order valence-corrected chi connectivity index (χ0v) is 12.7. The van der Waals surface area contributed by atoms with Crippen molar-refractivity contribution in [3.8, 4) is 0 Å². The molecule has 3 nitrogen and oxygen atoms in total. The molecule has 1 amide bonds. The van der Waals surface area contributed by atoms with Crippen LogP contribution in [0.4, 0.5) is 0 Å². The van der Waals surface area contributed by atoms with Crippen LogP contribution in [0.2, 0.25) is 0 Å². The van der Waals surface area contributed by atoms with Crippen LogP contribution in [0.3, 0.4) is 0 Å². The number of nitrogens with one attached hydrogen (secondary N) is 1. The molecule has 0 spiro atoms. The van der Waals surface area contributed by atoms with Crippen molar-refractivity contribution in [1.29, 1.82) is 0 Å². The van der Waals surface area contributed by atoms with Gasteiger partial charge in [0, 0.05) is 0 Å². The fourth-order valence-corrected chi connectivity index (χ4v) is 1.86. The summed E-state index contributed by atoms with van der Waals surface area (Å²) in [7, 11) is 0. The molecular formula is C16H26N2O. The summed E-state index contributed by atoms with van der Waals surface area (Å²) < 4.78 is 0. The Morgan fingerprint density at radius 2 is 1.79 bits per heavy atom. The summed E-state index contributed by atoms with van der Waals surface area (Å²) in [6, 6.07) is 7.96. The number of benzene rings is 1. The molecule has 0 aliphatic heterocycles. The van der Waals surface area contributed by atoms with E-state index in [1.54, 1.807) is 0 Å². The molecule has 0 aliphatic carbocycles. The molecule has 1 rings (SSSR count). The zero-order chi connectivity index (χ0) is 14.6.